The van der Waals surface area contributed by atoms with Crippen LogP contribution in [0.2, 0.25) is 0 Å². The van der Waals surface area contributed by atoms with E-state index in [1.165, 1.54) is 19.3 Å². The molecule has 1 saturated carbocycles. The van der Waals surface area contributed by atoms with E-state index in [9.17, 15) is 9.59 Å². The summed E-state index contributed by atoms with van der Waals surface area (Å²) < 4.78 is 17.2. The zero-order chi connectivity index (χ0) is 29.9. The fourth-order valence-electron chi connectivity index (χ4n) is 5.49. The van der Waals surface area contributed by atoms with Crippen LogP contribution in [0.15, 0.2) is 103 Å². The summed E-state index contributed by atoms with van der Waals surface area (Å²) in [5.41, 5.74) is 4.31. The minimum atomic E-state index is -0.239. The van der Waals surface area contributed by atoms with Crippen molar-refractivity contribution in [1.29, 1.82) is 0 Å². The van der Waals surface area contributed by atoms with Crippen LogP contribution >= 0.6 is 0 Å². The molecule has 0 radical (unpaired) electrons. The van der Waals surface area contributed by atoms with Crippen molar-refractivity contribution < 1.29 is 23.8 Å². The lowest BCUT2D eigenvalue weighted by Crippen LogP contribution is -2.30. The van der Waals surface area contributed by atoms with Crippen molar-refractivity contribution in [1.82, 2.24) is 0 Å². The summed E-state index contributed by atoms with van der Waals surface area (Å²) >= 11 is 0. The van der Waals surface area contributed by atoms with E-state index in [1.54, 1.807) is 0 Å². The molecule has 1 aliphatic rings. The van der Waals surface area contributed by atoms with E-state index in [0.717, 1.165) is 41.0 Å². The zero-order valence-electron chi connectivity index (χ0n) is 24.9. The van der Waals surface area contributed by atoms with Crippen LogP contribution < -0.4 is 14.2 Å². The molecule has 5 nitrogen and oxygen atoms in total. The van der Waals surface area contributed by atoms with E-state index >= 15 is 0 Å². The molecule has 0 bridgehead atoms. The Kier molecular flexibility index (Phi) is 10.6. The maximum atomic E-state index is 12.9. The van der Waals surface area contributed by atoms with Crippen molar-refractivity contribution in [2.24, 2.45) is 11.8 Å². The fraction of sp³-hybridized carbons (Fsp3) is 0.316. The number of esters is 2. The lowest BCUT2D eigenvalue weighted by molar-refractivity contribution is -0.145. The second-order valence-electron chi connectivity index (χ2n) is 11.2. The topological polar surface area (TPSA) is 61.8 Å². The van der Waals surface area contributed by atoms with Crippen LogP contribution in [0.5, 0.6) is 17.2 Å². The summed E-state index contributed by atoms with van der Waals surface area (Å²) in [6.45, 7) is 2.95. The Balaban J connectivity index is 1.05. The predicted molar refractivity (Wildman–Crippen MR) is 170 cm³/mol. The van der Waals surface area contributed by atoms with Crippen LogP contribution in [0.1, 0.15) is 58.3 Å². The lowest BCUT2D eigenvalue weighted by atomic mass is 9.82. The Morgan fingerprint density at radius 1 is 0.535 bits per heavy atom. The molecule has 0 unspecified atom stereocenters. The molecule has 4 aromatic rings. The summed E-state index contributed by atoms with van der Waals surface area (Å²) in [5, 5.41) is 0. The van der Waals surface area contributed by atoms with Gasteiger partial charge < -0.3 is 14.2 Å². The third kappa shape index (κ3) is 8.57. The van der Waals surface area contributed by atoms with E-state index in [0.29, 0.717) is 37.2 Å². The molecule has 1 fully saturated rings. The molecule has 0 N–H and O–H groups in total. The molecule has 0 saturated heterocycles. The average Bonchev–Trinajstić information content (AvgIpc) is 3.06. The molecule has 222 valence electrons. The largest absolute Gasteiger partial charge is 0.494 e. The normalized spacial score (nSPS) is 16.3. The first kappa shape index (κ1) is 30.1. The highest BCUT2D eigenvalue weighted by Crippen LogP contribution is 2.32. The highest BCUT2D eigenvalue weighted by atomic mass is 16.5. The van der Waals surface area contributed by atoms with Gasteiger partial charge in [-0.2, -0.15) is 0 Å². The first-order valence-corrected chi connectivity index (χ1v) is 15.5. The Bertz CT molecular complexity index is 1440. The Morgan fingerprint density at radius 3 is 1.40 bits per heavy atom. The van der Waals surface area contributed by atoms with Crippen molar-refractivity contribution in [2.45, 2.75) is 58.3 Å². The van der Waals surface area contributed by atoms with Crippen molar-refractivity contribution >= 4 is 11.9 Å². The molecule has 0 aliphatic heterocycles. The number of rotatable bonds is 12. The molecule has 0 aromatic heterocycles. The molecule has 0 amide bonds. The van der Waals surface area contributed by atoms with Gasteiger partial charge in [0.2, 0.25) is 0 Å². The average molecular weight is 577 g/mol. The van der Waals surface area contributed by atoms with Gasteiger partial charge in [0.15, 0.2) is 0 Å². The van der Waals surface area contributed by atoms with E-state index in [-0.39, 0.29) is 23.8 Å². The highest BCUT2D eigenvalue weighted by molar-refractivity contribution is 5.78. The van der Waals surface area contributed by atoms with Gasteiger partial charge in [-0.15, -0.1) is 0 Å². The van der Waals surface area contributed by atoms with Gasteiger partial charge in [-0.3, -0.25) is 9.59 Å². The van der Waals surface area contributed by atoms with Crippen molar-refractivity contribution in [3.05, 3.63) is 103 Å². The van der Waals surface area contributed by atoms with Gasteiger partial charge in [0.05, 0.1) is 18.4 Å². The maximum absolute atomic E-state index is 12.9. The van der Waals surface area contributed by atoms with E-state index in [2.05, 4.69) is 6.92 Å². The SMILES string of the molecule is CCCCCCOc1ccc(-c2ccc(OC(=O)[C@H]3CC[C@H](C(=O)Oc4ccc(-c5ccccc5)cc4)CC3)cc2)cc1. The van der Waals surface area contributed by atoms with E-state index in [1.807, 2.05) is 103 Å². The maximum Gasteiger partial charge on any atom is 0.314 e. The Hall–Kier alpha value is -4.38. The van der Waals surface area contributed by atoms with Crippen LogP contribution in [0.25, 0.3) is 22.3 Å². The Labute approximate surface area is 254 Å². The second kappa shape index (κ2) is 15.2. The first-order valence-electron chi connectivity index (χ1n) is 15.5. The summed E-state index contributed by atoms with van der Waals surface area (Å²) in [7, 11) is 0. The van der Waals surface area contributed by atoms with Gasteiger partial charge >= 0.3 is 11.9 Å². The van der Waals surface area contributed by atoms with Crippen LogP contribution in [0.3, 0.4) is 0 Å². The summed E-state index contributed by atoms with van der Waals surface area (Å²) in [4.78, 5) is 25.7. The summed E-state index contributed by atoms with van der Waals surface area (Å²) in [6, 6.07) is 33.3. The summed E-state index contributed by atoms with van der Waals surface area (Å²) in [6.07, 6.45) is 7.18. The standard InChI is InChI=1S/C38H40O5/c1-2-3-4-8-27-41-34-21-15-30(16-22-34)31-19-25-36(26-20-31)43-38(40)33-13-11-32(12-14-33)37(39)42-35-23-17-29(18-24-35)28-9-6-5-7-10-28/h5-7,9-10,15-26,32-33H,2-4,8,11-14,27H2,1H3/t32-,33-. The van der Waals surface area contributed by atoms with Crippen molar-refractivity contribution in [2.75, 3.05) is 6.61 Å². The van der Waals surface area contributed by atoms with Gasteiger partial charge in [-0.1, -0.05) is 92.9 Å². The van der Waals surface area contributed by atoms with Crippen molar-refractivity contribution in [3.63, 3.8) is 0 Å². The molecule has 0 spiro atoms. The smallest absolute Gasteiger partial charge is 0.314 e. The highest BCUT2D eigenvalue weighted by Gasteiger charge is 2.32. The van der Waals surface area contributed by atoms with E-state index < -0.39 is 0 Å². The summed E-state index contributed by atoms with van der Waals surface area (Å²) in [5.74, 6) is 1.04. The van der Waals surface area contributed by atoms with Crippen LogP contribution in [0, 0.1) is 11.8 Å². The number of carbonyl (C=O) groups is 2. The van der Waals surface area contributed by atoms with Gasteiger partial charge in [-0.05, 0) is 90.8 Å². The van der Waals surface area contributed by atoms with Crippen LogP contribution in [-0.4, -0.2) is 18.5 Å². The minimum Gasteiger partial charge on any atom is -0.494 e. The zero-order valence-corrected chi connectivity index (χ0v) is 24.9. The van der Waals surface area contributed by atoms with Gasteiger partial charge in [-0.25, -0.2) is 0 Å². The molecule has 43 heavy (non-hydrogen) atoms. The van der Waals surface area contributed by atoms with Gasteiger partial charge in [0.1, 0.15) is 17.2 Å². The molecule has 5 heteroatoms. The fourth-order valence-corrected chi connectivity index (χ4v) is 5.49. The second-order valence-corrected chi connectivity index (χ2v) is 11.2. The van der Waals surface area contributed by atoms with Gasteiger partial charge in [0, 0.05) is 0 Å². The first-order chi connectivity index (χ1) is 21.1. The van der Waals surface area contributed by atoms with E-state index in [4.69, 9.17) is 14.2 Å². The quantitative estimate of drug-likeness (QED) is 0.0955. The third-order valence-electron chi connectivity index (χ3n) is 8.10. The molecule has 0 atom stereocenters. The van der Waals surface area contributed by atoms with Crippen molar-refractivity contribution in [3.8, 4) is 39.5 Å². The molecule has 1 aliphatic carbocycles. The molecular weight excluding hydrogens is 536 g/mol. The molecule has 5 rings (SSSR count). The molecule has 0 heterocycles. The minimum absolute atomic E-state index is 0.213. The third-order valence-corrected chi connectivity index (χ3v) is 8.10. The number of benzene rings is 4. The number of hydrogen-bond acceptors (Lipinski definition) is 5. The number of ether oxygens (including phenoxy) is 3. The number of carbonyl (C=O) groups excluding carboxylic acids is 2. The van der Waals surface area contributed by atoms with Gasteiger partial charge in [0.25, 0.3) is 0 Å². The number of unbranched alkanes of at least 4 members (excludes halogenated alkanes) is 3. The van der Waals surface area contributed by atoms with Crippen LogP contribution in [0.4, 0.5) is 0 Å². The molecular formula is C38H40O5. The number of hydrogen-bond donors (Lipinski definition) is 0. The van der Waals surface area contributed by atoms with Crippen LogP contribution in [-0.2, 0) is 9.59 Å². The molecule has 4 aromatic carbocycles. The lowest BCUT2D eigenvalue weighted by Gasteiger charge is -2.25. The Morgan fingerprint density at radius 2 is 0.953 bits per heavy atom. The monoisotopic (exact) mass is 576 g/mol. The predicted octanol–water partition coefficient (Wildman–Crippen LogP) is 9.30.